The first-order valence-electron chi connectivity index (χ1n) is 11.8. The van der Waals surface area contributed by atoms with Gasteiger partial charge < -0.3 is 14.2 Å². The summed E-state index contributed by atoms with van der Waals surface area (Å²) in [5.41, 5.74) is 3.95. The lowest BCUT2D eigenvalue weighted by Crippen LogP contribution is -2.39. The summed E-state index contributed by atoms with van der Waals surface area (Å²) in [6.07, 6.45) is 3.35. The molecular formula is C28H28N4O4. The van der Waals surface area contributed by atoms with E-state index in [4.69, 9.17) is 14.2 Å². The summed E-state index contributed by atoms with van der Waals surface area (Å²) >= 11 is 0. The van der Waals surface area contributed by atoms with Crippen molar-refractivity contribution in [3.63, 3.8) is 0 Å². The van der Waals surface area contributed by atoms with E-state index in [-0.39, 0.29) is 18.2 Å². The second-order valence-electron chi connectivity index (χ2n) is 8.65. The SMILES string of the molecule is COc1ccc(CC(N(Cc2ccccc2)CC2C=CC(=O)O2)n2nnc3ccccc32)cc1OC. The molecule has 0 saturated carbocycles. The Morgan fingerprint density at radius 1 is 0.972 bits per heavy atom. The summed E-state index contributed by atoms with van der Waals surface area (Å²) in [5.74, 6) is 1.02. The average Bonchev–Trinajstić information content (AvgIpc) is 3.53. The summed E-state index contributed by atoms with van der Waals surface area (Å²) < 4.78 is 18.5. The van der Waals surface area contributed by atoms with Gasteiger partial charge in [-0.05, 0) is 41.5 Å². The van der Waals surface area contributed by atoms with Crippen LogP contribution >= 0.6 is 0 Å². The molecule has 0 fully saturated rings. The topological polar surface area (TPSA) is 78.7 Å². The molecule has 1 aliphatic rings. The molecule has 3 aromatic carbocycles. The minimum Gasteiger partial charge on any atom is -0.493 e. The van der Waals surface area contributed by atoms with Gasteiger partial charge in [0.1, 0.15) is 17.8 Å². The number of hydrogen-bond acceptors (Lipinski definition) is 7. The Morgan fingerprint density at radius 2 is 1.75 bits per heavy atom. The van der Waals surface area contributed by atoms with Crippen LogP contribution in [0.15, 0.2) is 84.9 Å². The molecule has 4 aromatic rings. The normalized spacial score (nSPS) is 15.9. The molecular weight excluding hydrogens is 456 g/mol. The molecule has 1 aromatic heterocycles. The molecule has 0 spiro atoms. The van der Waals surface area contributed by atoms with Gasteiger partial charge >= 0.3 is 5.97 Å². The van der Waals surface area contributed by atoms with Crippen molar-refractivity contribution in [2.24, 2.45) is 0 Å². The Morgan fingerprint density at radius 3 is 2.50 bits per heavy atom. The van der Waals surface area contributed by atoms with E-state index in [1.807, 2.05) is 71.4 Å². The minimum absolute atomic E-state index is 0.219. The molecule has 0 saturated heterocycles. The Balaban J connectivity index is 1.56. The van der Waals surface area contributed by atoms with Crippen LogP contribution in [-0.4, -0.2) is 52.7 Å². The van der Waals surface area contributed by atoms with Crippen molar-refractivity contribution >= 4 is 17.0 Å². The highest BCUT2D eigenvalue weighted by molar-refractivity contribution is 5.84. The third kappa shape index (κ3) is 5.08. The van der Waals surface area contributed by atoms with Gasteiger partial charge in [-0.1, -0.05) is 53.7 Å². The Bertz CT molecular complexity index is 1370. The van der Waals surface area contributed by atoms with Crippen molar-refractivity contribution in [2.75, 3.05) is 20.8 Å². The summed E-state index contributed by atoms with van der Waals surface area (Å²) in [6.45, 7) is 1.14. The zero-order chi connectivity index (χ0) is 24.9. The van der Waals surface area contributed by atoms with Crippen LogP contribution < -0.4 is 9.47 Å². The van der Waals surface area contributed by atoms with Crippen LogP contribution in [0.2, 0.25) is 0 Å². The number of esters is 1. The van der Waals surface area contributed by atoms with E-state index in [2.05, 4.69) is 27.3 Å². The second kappa shape index (κ2) is 10.6. The Kier molecular flexibility index (Phi) is 6.95. The van der Waals surface area contributed by atoms with E-state index in [1.54, 1.807) is 14.2 Å². The van der Waals surface area contributed by atoms with Crippen LogP contribution in [0.3, 0.4) is 0 Å². The van der Waals surface area contributed by atoms with Crippen molar-refractivity contribution in [1.29, 1.82) is 0 Å². The van der Waals surface area contributed by atoms with E-state index in [9.17, 15) is 4.79 Å². The quantitative estimate of drug-likeness (QED) is 0.313. The average molecular weight is 485 g/mol. The third-order valence-electron chi connectivity index (χ3n) is 6.30. The van der Waals surface area contributed by atoms with Crippen LogP contribution in [-0.2, 0) is 22.5 Å². The number of methoxy groups -OCH3 is 2. The fraction of sp³-hybridized carbons (Fsp3) is 0.250. The van der Waals surface area contributed by atoms with Crippen molar-refractivity contribution in [2.45, 2.75) is 25.2 Å². The van der Waals surface area contributed by atoms with Gasteiger partial charge in [-0.3, -0.25) is 4.90 Å². The molecule has 1 aliphatic heterocycles. The highest BCUT2D eigenvalue weighted by Crippen LogP contribution is 2.31. The van der Waals surface area contributed by atoms with E-state index < -0.39 is 0 Å². The third-order valence-corrected chi connectivity index (χ3v) is 6.30. The van der Waals surface area contributed by atoms with Crippen molar-refractivity contribution in [3.8, 4) is 11.5 Å². The lowest BCUT2D eigenvalue weighted by molar-refractivity contribution is -0.139. The molecule has 2 unspecified atom stereocenters. The number of carbonyl (C=O) groups excluding carboxylic acids is 1. The summed E-state index contributed by atoms with van der Waals surface area (Å²) in [6, 6.07) is 24.1. The first-order valence-corrected chi connectivity index (χ1v) is 11.8. The number of rotatable bonds is 10. The molecule has 36 heavy (non-hydrogen) atoms. The monoisotopic (exact) mass is 484 g/mol. The molecule has 184 valence electrons. The molecule has 0 N–H and O–H groups in total. The van der Waals surface area contributed by atoms with E-state index >= 15 is 0 Å². The molecule has 0 aliphatic carbocycles. The number of cyclic esters (lactones) is 1. The van der Waals surface area contributed by atoms with Crippen LogP contribution in [0.1, 0.15) is 17.3 Å². The highest BCUT2D eigenvalue weighted by atomic mass is 16.5. The van der Waals surface area contributed by atoms with Crippen molar-refractivity contribution in [3.05, 3.63) is 96.1 Å². The molecule has 0 radical (unpaired) electrons. The number of benzene rings is 3. The van der Waals surface area contributed by atoms with Gasteiger partial charge in [0, 0.05) is 25.6 Å². The molecule has 0 amide bonds. The standard InChI is InChI=1S/C28H28N4O4/c1-34-25-14-12-21(16-26(25)35-2)17-27(32-24-11-7-6-10-23(24)29-30-32)31(18-20-8-4-3-5-9-20)19-22-13-15-28(33)36-22/h3-16,22,27H,17-19H2,1-2H3. The maximum Gasteiger partial charge on any atom is 0.331 e. The van der Waals surface area contributed by atoms with E-state index in [0.717, 1.165) is 22.2 Å². The molecule has 2 heterocycles. The van der Waals surface area contributed by atoms with Crippen LogP contribution in [0.4, 0.5) is 0 Å². The Hall–Kier alpha value is -4.17. The van der Waals surface area contributed by atoms with Gasteiger partial charge in [-0.2, -0.15) is 0 Å². The zero-order valence-corrected chi connectivity index (χ0v) is 20.3. The van der Waals surface area contributed by atoms with Crippen LogP contribution in [0, 0.1) is 0 Å². The lowest BCUT2D eigenvalue weighted by atomic mass is 10.1. The Labute approximate surface area is 209 Å². The van der Waals surface area contributed by atoms with Crippen LogP contribution in [0.5, 0.6) is 11.5 Å². The molecule has 0 bridgehead atoms. The fourth-order valence-electron chi connectivity index (χ4n) is 4.55. The van der Waals surface area contributed by atoms with Crippen molar-refractivity contribution in [1.82, 2.24) is 19.9 Å². The minimum atomic E-state index is -0.344. The predicted octanol–water partition coefficient (Wildman–Crippen LogP) is 4.17. The zero-order valence-electron chi connectivity index (χ0n) is 20.3. The predicted molar refractivity (Wildman–Crippen MR) is 136 cm³/mol. The number of carbonyl (C=O) groups is 1. The van der Waals surface area contributed by atoms with E-state index in [1.165, 1.54) is 6.08 Å². The number of para-hydroxylation sites is 1. The highest BCUT2D eigenvalue weighted by Gasteiger charge is 2.29. The van der Waals surface area contributed by atoms with Gasteiger partial charge in [0.15, 0.2) is 11.5 Å². The first-order chi connectivity index (χ1) is 17.6. The number of nitrogens with zero attached hydrogens (tertiary/aromatic N) is 4. The molecule has 2 atom stereocenters. The largest absolute Gasteiger partial charge is 0.493 e. The first kappa shape index (κ1) is 23.6. The van der Waals surface area contributed by atoms with Crippen LogP contribution in [0.25, 0.3) is 11.0 Å². The number of hydrogen-bond donors (Lipinski definition) is 0. The van der Waals surface area contributed by atoms with Gasteiger partial charge in [0.25, 0.3) is 0 Å². The summed E-state index contributed by atoms with van der Waals surface area (Å²) in [5, 5.41) is 8.98. The van der Waals surface area contributed by atoms with Crippen molar-refractivity contribution < 1.29 is 19.0 Å². The summed E-state index contributed by atoms with van der Waals surface area (Å²) in [4.78, 5) is 14.1. The number of ether oxygens (including phenoxy) is 3. The van der Waals surface area contributed by atoms with E-state index in [0.29, 0.717) is 31.0 Å². The van der Waals surface area contributed by atoms with Gasteiger partial charge in [0.05, 0.1) is 19.7 Å². The fourth-order valence-corrected chi connectivity index (χ4v) is 4.55. The lowest BCUT2D eigenvalue weighted by Gasteiger charge is -2.33. The van der Waals surface area contributed by atoms with Gasteiger partial charge in [0.2, 0.25) is 0 Å². The smallest absolute Gasteiger partial charge is 0.331 e. The maximum absolute atomic E-state index is 11.8. The van der Waals surface area contributed by atoms with Gasteiger partial charge in [-0.25, -0.2) is 9.48 Å². The second-order valence-corrected chi connectivity index (χ2v) is 8.65. The number of fused-ring (bicyclic) bond motifs is 1. The summed E-state index contributed by atoms with van der Waals surface area (Å²) in [7, 11) is 3.26. The van der Waals surface area contributed by atoms with Gasteiger partial charge in [-0.15, -0.1) is 5.10 Å². The maximum atomic E-state index is 11.8. The molecule has 5 rings (SSSR count). The molecule has 8 heteroatoms. The number of aromatic nitrogens is 3. The molecule has 8 nitrogen and oxygen atoms in total.